The van der Waals surface area contributed by atoms with E-state index < -0.39 is 32.3 Å². The summed E-state index contributed by atoms with van der Waals surface area (Å²) in [6.07, 6.45) is 1.27. The van der Waals surface area contributed by atoms with Crippen LogP contribution in [0.15, 0.2) is 85.2 Å². The quantitative estimate of drug-likeness (QED) is 0.170. The maximum atomic E-state index is 8.65. The molecule has 0 N–H and O–H groups in total. The molecular weight excluding hydrogens is 725 g/mol. The largest absolute Gasteiger partial charge is 0.305 e. The normalized spacial score (nSPS) is 19.0. The van der Waals surface area contributed by atoms with Crippen molar-refractivity contribution < 1.29 is 35.2 Å². The molecule has 0 bridgehead atoms. The molecule has 45 heavy (non-hydrogen) atoms. The average molecular weight is 782 g/mol. The minimum absolute atomic E-state index is 0. The SMILES string of the molecule is [2H]C([2H])([2H])c1c[c-]c(-c2cc(C([2H])([2H])[2H])c(C([2H])([2H])[2H])cn2)cc1.[2H]C([2H])(c1ccnc(-c2[c-]cc3c(c2)-c2ccccc2C(C)(C)C3(C)C)c1)C(C)(C)C.[Ir]. The van der Waals surface area contributed by atoms with E-state index in [9.17, 15) is 0 Å². The Kier molecular flexibility index (Phi) is 6.48. The van der Waals surface area contributed by atoms with Crippen molar-refractivity contribution in [1.82, 2.24) is 9.97 Å². The number of nitrogens with zero attached hydrogens (tertiary/aromatic N) is 2. The first-order valence-corrected chi connectivity index (χ1v) is 14.7. The van der Waals surface area contributed by atoms with E-state index in [4.69, 9.17) is 15.1 Å². The van der Waals surface area contributed by atoms with Gasteiger partial charge in [0.05, 0.1) is 0 Å². The Morgan fingerprint density at radius 1 is 0.733 bits per heavy atom. The predicted molar refractivity (Wildman–Crippen MR) is 186 cm³/mol. The van der Waals surface area contributed by atoms with Gasteiger partial charge >= 0.3 is 0 Å². The number of pyridine rings is 2. The number of aromatic nitrogens is 2. The number of hydrogen-bond donors (Lipinski definition) is 0. The van der Waals surface area contributed by atoms with Gasteiger partial charge < -0.3 is 9.97 Å². The molecule has 0 saturated carbocycles. The van der Waals surface area contributed by atoms with Crippen LogP contribution in [-0.4, -0.2) is 9.97 Å². The number of hydrogen-bond acceptors (Lipinski definition) is 2. The molecule has 0 amide bonds. The van der Waals surface area contributed by atoms with Crippen LogP contribution < -0.4 is 0 Å². The molecule has 235 valence electrons. The van der Waals surface area contributed by atoms with Gasteiger partial charge in [0.1, 0.15) is 0 Å². The van der Waals surface area contributed by atoms with E-state index in [1.54, 1.807) is 12.3 Å². The van der Waals surface area contributed by atoms with Crippen LogP contribution >= 0.6 is 0 Å². The third-order valence-corrected chi connectivity index (χ3v) is 8.63. The third-order valence-electron chi connectivity index (χ3n) is 8.63. The zero-order valence-electron chi connectivity index (χ0n) is 37.8. The molecule has 0 unspecified atom stereocenters. The second-order valence-electron chi connectivity index (χ2n) is 13.4. The number of fused-ring (bicyclic) bond motifs is 3. The molecule has 2 nitrogen and oxygen atoms in total. The van der Waals surface area contributed by atoms with Gasteiger partial charge in [0.15, 0.2) is 0 Å². The first kappa shape index (κ1) is 22.2. The van der Waals surface area contributed by atoms with Crippen LogP contribution in [0.1, 0.15) is 96.9 Å². The van der Waals surface area contributed by atoms with Crippen molar-refractivity contribution in [2.75, 3.05) is 0 Å². The topological polar surface area (TPSA) is 25.8 Å². The maximum absolute atomic E-state index is 8.65. The molecule has 0 aliphatic heterocycles. The molecule has 0 spiro atoms. The molecular formula is C42H46IrN2-2. The Morgan fingerprint density at radius 3 is 2.13 bits per heavy atom. The van der Waals surface area contributed by atoms with Gasteiger partial charge in [-0.1, -0.05) is 108 Å². The summed E-state index contributed by atoms with van der Waals surface area (Å²) in [7, 11) is 0. The van der Waals surface area contributed by atoms with E-state index in [0.29, 0.717) is 11.1 Å². The summed E-state index contributed by atoms with van der Waals surface area (Å²) in [5.74, 6) is 0. The van der Waals surface area contributed by atoms with Crippen molar-refractivity contribution in [1.29, 1.82) is 0 Å². The second kappa shape index (κ2) is 13.1. The summed E-state index contributed by atoms with van der Waals surface area (Å²) in [4.78, 5) is 8.58. The third kappa shape index (κ3) is 7.21. The van der Waals surface area contributed by atoms with Crippen molar-refractivity contribution in [2.24, 2.45) is 5.41 Å². The molecule has 2 aromatic heterocycles. The van der Waals surface area contributed by atoms with Gasteiger partial charge in [-0.25, -0.2) is 0 Å². The van der Waals surface area contributed by atoms with Crippen LogP contribution in [0.4, 0.5) is 0 Å². The summed E-state index contributed by atoms with van der Waals surface area (Å²) < 4.78 is 84.2. The van der Waals surface area contributed by atoms with E-state index in [-0.39, 0.29) is 53.3 Å². The summed E-state index contributed by atoms with van der Waals surface area (Å²) >= 11 is 0. The van der Waals surface area contributed by atoms with E-state index in [0.717, 1.165) is 17.5 Å². The Bertz CT molecular complexity index is 2190. The summed E-state index contributed by atoms with van der Waals surface area (Å²) in [6, 6.07) is 28.2. The number of rotatable bonds is 3. The van der Waals surface area contributed by atoms with Gasteiger partial charge in [0.2, 0.25) is 0 Å². The molecule has 0 atom stereocenters. The zero-order valence-corrected chi connectivity index (χ0v) is 29.2. The van der Waals surface area contributed by atoms with Gasteiger partial charge in [-0.05, 0) is 70.5 Å². The van der Waals surface area contributed by atoms with Crippen LogP contribution in [0.5, 0.6) is 0 Å². The fourth-order valence-electron chi connectivity index (χ4n) is 5.59. The Balaban J connectivity index is 0.000000253. The fourth-order valence-corrected chi connectivity index (χ4v) is 5.59. The smallest absolute Gasteiger partial charge is 0.0321 e. The molecule has 0 saturated heterocycles. The van der Waals surface area contributed by atoms with Gasteiger partial charge in [-0.3, -0.25) is 0 Å². The van der Waals surface area contributed by atoms with Crippen LogP contribution in [-0.2, 0) is 37.3 Å². The molecule has 0 fully saturated rings. The fraction of sp³-hybridized carbons (Fsp3) is 0.333. The second-order valence-corrected chi connectivity index (χ2v) is 13.4. The predicted octanol–water partition coefficient (Wildman–Crippen LogP) is 10.8. The first-order chi connectivity index (χ1) is 25.1. The van der Waals surface area contributed by atoms with E-state index in [2.05, 4.69) is 86.2 Å². The summed E-state index contributed by atoms with van der Waals surface area (Å²) in [5.41, 5.74) is 6.93. The number of benzene rings is 3. The van der Waals surface area contributed by atoms with Gasteiger partial charge in [-0.2, -0.15) is 0 Å². The van der Waals surface area contributed by atoms with Crippen molar-refractivity contribution >= 4 is 0 Å². The van der Waals surface area contributed by atoms with Crippen molar-refractivity contribution in [3.63, 3.8) is 0 Å². The van der Waals surface area contributed by atoms with Gasteiger partial charge in [0, 0.05) is 47.6 Å². The molecule has 3 heteroatoms. The molecule has 6 rings (SSSR count). The molecule has 5 aromatic rings. The van der Waals surface area contributed by atoms with E-state index in [1.165, 1.54) is 46.5 Å². The van der Waals surface area contributed by atoms with Crippen LogP contribution in [0.2, 0.25) is 0 Å². The minimum atomic E-state index is -2.61. The Labute approximate surface area is 300 Å². The Hall–Kier alpha value is -3.39. The van der Waals surface area contributed by atoms with Gasteiger partial charge in [0.25, 0.3) is 0 Å². The molecule has 1 aliphatic carbocycles. The van der Waals surface area contributed by atoms with E-state index in [1.807, 2.05) is 26.8 Å². The zero-order chi connectivity index (χ0) is 41.2. The number of aryl methyl sites for hydroxylation is 3. The summed E-state index contributed by atoms with van der Waals surface area (Å²) in [5, 5.41) is 0. The Morgan fingerprint density at radius 2 is 1.44 bits per heavy atom. The molecule has 3 aromatic carbocycles. The first-order valence-electron chi connectivity index (χ1n) is 20.2. The standard InChI is InChI=1S/C28H32N.C14H14N.Ir/c1-26(2,3)18-19-14-15-29-25(16-19)20-12-13-24-22(17-20)21-10-8-9-11-23(21)27(4,5)28(24,6)7;1-10-4-6-13(7-5-10)14-8-11(2)12(3)9-15-14;/h8-11,13-17H,18H2,1-7H3;4-6,8-9H,1-3H3;/q2*-1;/i18D2;1D3,2D3,3D3;. The molecule has 1 radical (unpaired) electrons. The van der Waals surface area contributed by atoms with Crippen molar-refractivity contribution in [3.8, 4) is 33.6 Å². The molecule has 1 aliphatic rings. The summed E-state index contributed by atoms with van der Waals surface area (Å²) in [6.45, 7) is 7.58. The monoisotopic (exact) mass is 782 g/mol. The molecule has 2 heterocycles. The maximum Gasteiger partial charge on any atom is 0.0321 e. The van der Waals surface area contributed by atoms with Crippen molar-refractivity contribution in [3.05, 3.63) is 131 Å². The average Bonchev–Trinajstić information content (AvgIpc) is 3.09. The van der Waals surface area contributed by atoms with Crippen molar-refractivity contribution in [2.45, 2.75) is 86.2 Å². The van der Waals surface area contributed by atoms with Crippen LogP contribution in [0, 0.1) is 38.1 Å². The van der Waals surface area contributed by atoms with E-state index >= 15 is 0 Å². The minimum Gasteiger partial charge on any atom is -0.305 e. The van der Waals surface area contributed by atoms with Gasteiger partial charge in [-0.15, -0.1) is 64.7 Å². The van der Waals surface area contributed by atoms with Crippen LogP contribution in [0.3, 0.4) is 0 Å². The van der Waals surface area contributed by atoms with Crippen LogP contribution in [0.25, 0.3) is 33.6 Å².